The molecule has 0 aromatic heterocycles. The van der Waals surface area contributed by atoms with E-state index in [1.807, 2.05) is 14.1 Å². The highest BCUT2D eigenvalue weighted by Crippen LogP contribution is 2.26. The monoisotopic (exact) mass is 344 g/mol. The van der Waals surface area contributed by atoms with E-state index in [-0.39, 0.29) is 21.4 Å². The molecule has 0 N–H and O–H groups in total. The lowest BCUT2D eigenvalue weighted by molar-refractivity contribution is 0.0781. The molecular weight excluding hydrogens is 324 g/mol. The number of likely N-dealkylation sites (N-methyl/N-ethyl adjacent to an activating group) is 1. The number of carbonyl (C=O) groups excluding carboxylic acids is 1. The summed E-state index contributed by atoms with van der Waals surface area (Å²) in [5, 5.41) is 0.276. The summed E-state index contributed by atoms with van der Waals surface area (Å²) in [4.78, 5) is 16.6. The SMILES string of the molecule is C[C@@H]1CN(C(=O)c2cc(S(C)(=O)=O)ccc2Cl)C[C@@H]1N(C)C. The highest BCUT2D eigenvalue weighted by molar-refractivity contribution is 7.90. The molecule has 1 aromatic rings. The Balaban J connectivity index is 2.31. The normalized spacial score (nSPS) is 22.4. The lowest BCUT2D eigenvalue weighted by Crippen LogP contribution is -2.35. The standard InChI is InChI=1S/C15H21ClN2O3S/c1-10-8-18(9-14(10)17(2)3)15(19)12-7-11(22(4,20)21)5-6-13(12)16/h5-7,10,14H,8-9H2,1-4H3/t10-,14+/m1/s1. The Morgan fingerprint density at radius 3 is 2.45 bits per heavy atom. The summed E-state index contributed by atoms with van der Waals surface area (Å²) in [6.45, 7) is 3.36. The number of amides is 1. The van der Waals surface area contributed by atoms with Crippen LogP contribution in [0.1, 0.15) is 17.3 Å². The summed E-state index contributed by atoms with van der Waals surface area (Å²) >= 11 is 6.10. The van der Waals surface area contributed by atoms with Gasteiger partial charge in [-0.05, 0) is 38.2 Å². The maximum Gasteiger partial charge on any atom is 0.255 e. The van der Waals surface area contributed by atoms with Crippen LogP contribution in [0.4, 0.5) is 0 Å². The minimum atomic E-state index is -3.37. The van der Waals surface area contributed by atoms with Crippen LogP contribution in [-0.2, 0) is 9.84 Å². The average Bonchev–Trinajstić information content (AvgIpc) is 2.79. The molecule has 1 aliphatic heterocycles. The van der Waals surface area contributed by atoms with Crippen molar-refractivity contribution in [3.8, 4) is 0 Å². The van der Waals surface area contributed by atoms with Crippen molar-refractivity contribution < 1.29 is 13.2 Å². The van der Waals surface area contributed by atoms with Crippen molar-refractivity contribution in [2.45, 2.75) is 17.9 Å². The van der Waals surface area contributed by atoms with Gasteiger partial charge in [0.15, 0.2) is 9.84 Å². The maximum atomic E-state index is 12.7. The number of benzene rings is 1. The van der Waals surface area contributed by atoms with Gasteiger partial charge in [0, 0.05) is 25.4 Å². The molecule has 1 fully saturated rings. The molecule has 1 amide bonds. The summed E-state index contributed by atoms with van der Waals surface area (Å²) in [7, 11) is 0.613. The molecule has 7 heteroatoms. The van der Waals surface area contributed by atoms with Crippen molar-refractivity contribution in [1.29, 1.82) is 0 Å². The quantitative estimate of drug-likeness (QED) is 0.838. The van der Waals surface area contributed by atoms with Gasteiger partial charge in [-0.1, -0.05) is 18.5 Å². The minimum Gasteiger partial charge on any atom is -0.337 e. The number of rotatable bonds is 3. The van der Waals surface area contributed by atoms with E-state index in [2.05, 4.69) is 11.8 Å². The average molecular weight is 345 g/mol. The smallest absolute Gasteiger partial charge is 0.255 e. The first-order valence-corrected chi connectivity index (χ1v) is 9.33. The number of nitrogens with zero attached hydrogens (tertiary/aromatic N) is 2. The van der Waals surface area contributed by atoms with E-state index in [0.717, 1.165) is 6.26 Å². The second kappa shape index (κ2) is 6.18. The molecule has 0 radical (unpaired) electrons. The van der Waals surface area contributed by atoms with E-state index >= 15 is 0 Å². The number of carbonyl (C=O) groups is 1. The summed E-state index contributed by atoms with van der Waals surface area (Å²) in [5.41, 5.74) is 0.246. The fourth-order valence-corrected chi connectivity index (χ4v) is 3.70. The third-order valence-electron chi connectivity index (χ3n) is 4.12. The fraction of sp³-hybridized carbons (Fsp3) is 0.533. The van der Waals surface area contributed by atoms with E-state index in [0.29, 0.717) is 25.0 Å². The second-order valence-electron chi connectivity index (χ2n) is 6.13. The number of hydrogen-bond acceptors (Lipinski definition) is 4. The maximum absolute atomic E-state index is 12.7. The van der Waals surface area contributed by atoms with Gasteiger partial charge < -0.3 is 9.80 Å². The summed E-state index contributed by atoms with van der Waals surface area (Å²) in [6, 6.07) is 4.55. The van der Waals surface area contributed by atoms with Gasteiger partial charge in [-0.15, -0.1) is 0 Å². The molecule has 1 aromatic carbocycles. The molecule has 2 rings (SSSR count). The van der Waals surface area contributed by atoms with Gasteiger partial charge in [-0.2, -0.15) is 0 Å². The van der Waals surface area contributed by atoms with E-state index < -0.39 is 9.84 Å². The van der Waals surface area contributed by atoms with Crippen LogP contribution in [0.25, 0.3) is 0 Å². The number of hydrogen-bond donors (Lipinski definition) is 0. The summed E-state index contributed by atoms with van der Waals surface area (Å²) in [6.07, 6.45) is 1.12. The Bertz CT molecular complexity index is 688. The summed E-state index contributed by atoms with van der Waals surface area (Å²) in [5.74, 6) is 0.141. The zero-order valence-corrected chi connectivity index (χ0v) is 14.8. The molecule has 2 atom stereocenters. The molecule has 0 aliphatic carbocycles. The number of halogens is 1. The second-order valence-corrected chi connectivity index (χ2v) is 8.56. The van der Waals surface area contributed by atoms with Gasteiger partial charge in [-0.3, -0.25) is 4.79 Å². The van der Waals surface area contributed by atoms with Gasteiger partial charge in [0.05, 0.1) is 15.5 Å². The van der Waals surface area contributed by atoms with Crippen LogP contribution in [0.5, 0.6) is 0 Å². The van der Waals surface area contributed by atoms with E-state index in [1.54, 1.807) is 4.90 Å². The molecule has 0 saturated carbocycles. The zero-order chi connectivity index (χ0) is 16.7. The third kappa shape index (κ3) is 3.45. The number of likely N-dealkylation sites (tertiary alicyclic amines) is 1. The van der Waals surface area contributed by atoms with Crippen molar-refractivity contribution in [2.75, 3.05) is 33.4 Å². The Hall–Kier alpha value is -1.11. The van der Waals surface area contributed by atoms with Gasteiger partial charge in [0.2, 0.25) is 0 Å². The molecule has 5 nitrogen and oxygen atoms in total. The molecule has 1 heterocycles. The van der Waals surface area contributed by atoms with Crippen molar-refractivity contribution >= 4 is 27.3 Å². The molecular formula is C15H21ClN2O3S. The van der Waals surface area contributed by atoms with Gasteiger partial charge in [0.1, 0.15) is 0 Å². The Labute approximate surface area is 136 Å². The highest BCUT2D eigenvalue weighted by atomic mass is 35.5. The number of sulfone groups is 1. The van der Waals surface area contributed by atoms with E-state index in [4.69, 9.17) is 11.6 Å². The zero-order valence-electron chi connectivity index (χ0n) is 13.2. The van der Waals surface area contributed by atoms with Gasteiger partial charge in [-0.25, -0.2) is 8.42 Å². The van der Waals surface area contributed by atoms with Crippen LogP contribution in [0.3, 0.4) is 0 Å². The third-order valence-corrected chi connectivity index (χ3v) is 5.56. The largest absolute Gasteiger partial charge is 0.337 e. The van der Waals surface area contributed by atoms with Crippen LogP contribution in [0, 0.1) is 5.92 Å². The van der Waals surface area contributed by atoms with E-state index in [9.17, 15) is 13.2 Å². The van der Waals surface area contributed by atoms with Crippen molar-refractivity contribution in [2.24, 2.45) is 5.92 Å². The van der Waals surface area contributed by atoms with Crippen molar-refractivity contribution in [3.63, 3.8) is 0 Å². The molecule has 122 valence electrons. The first kappa shape index (κ1) is 17.2. The first-order chi connectivity index (χ1) is 10.1. The first-order valence-electron chi connectivity index (χ1n) is 7.06. The molecule has 1 aliphatic rings. The summed E-state index contributed by atoms with van der Waals surface area (Å²) < 4.78 is 23.3. The minimum absolute atomic E-state index is 0.108. The highest BCUT2D eigenvalue weighted by Gasteiger charge is 2.34. The molecule has 0 spiro atoms. The van der Waals surface area contributed by atoms with Crippen LogP contribution in [-0.4, -0.2) is 63.6 Å². The van der Waals surface area contributed by atoms with Crippen LogP contribution < -0.4 is 0 Å². The van der Waals surface area contributed by atoms with Crippen LogP contribution >= 0.6 is 11.6 Å². The van der Waals surface area contributed by atoms with Crippen LogP contribution in [0.2, 0.25) is 5.02 Å². The van der Waals surface area contributed by atoms with Crippen molar-refractivity contribution in [3.05, 3.63) is 28.8 Å². The molecule has 22 heavy (non-hydrogen) atoms. The molecule has 0 bridgehead atoms. The van der Waals surface area contributed by atoms with E-state index in [1.165, 1.54) is 18.2 Å². The van der Waals surface area contributed by atoms with Gasteiger partial charge >= 0.3 is 0 Å². The molecule has 0 unspecified atom stereocenters. The Morgan fingerprint density at radius 2 is 1.95 bits per heavy atom. The Morgan fingerprint density at radius 1 is 1.32 bits per heavy atom. The predicted molar refractivity (Wildman–Crippen MR) is 87.1 cm³/mol. The van der Waals surface area contributed by atoms with Gasteiger partial charge in [0.25, 0.3) is 5.91 Å². The topological polar surface area (TPSA) is 57.7 Å². The fourth-order valence-electron chi connectivity index (χ4n) is 2.86. The Kier molecular flexibility index (Phi) is 4.84. The van der Waals surface area contributed by atoms with Crippen molar-refractivity contribution in [1.82, 2.24) is 9.80 Å². The lowest BCUT2D eigenvalue weighted by atomic mass is 10.1. The van der Waals surface area contributed by atoms with Crippen LogP contribution in [0.15, 0.2) is 23.1 Å². The lowest BCUT2D eigenvalue weighted by Gasteiger charge is -2.22. The molecule has 1 saturated heterocycles. The predicted octanol–water partition coefficient (Wildman–Crippen LogP) is 1.77.